The highest BCUT2D eigenvalue weighted by atomic mass is 16.1. The maximum Gasteiger partial charge on any atom is 0.155 e. The molecule has 1 rings (SSSR count). The molecular weight excluding hydrogens is 160 g/mol. The zero-order chi connectivity index (χ0) is 9.84. The van der Waals surface area contributed by atoms with Gasteiger partial charge in [-0.1, -0.05) is 24.6 Å². The Kier molecular flexibility index (Phi) is 3.47. The first kappa shape index (κ1) is 10.2. The van der Waals surface area contributed by atoms with Gasteiger partial charge in [0.05, 0.1) is 0 Å². The van der Waals surface area contributed by atoms with E-state index in [2.05, 4.69) is 26.0 Å². The van der Waals surface area contributed by atoms with E-state index in [1.54, 1.807) is 0 Å². The molecule has 0 bridgehead atoms. The summed E-state index contributed by atoms with van der Waals surface area (Å²) in [5.74, 6) is 1.38. The molecule has 0 radical (unpaired) electrons. The van der Waals surface area contributed by atoms with E-state index in [4.69, 9.17) is 0 Å². The van der Waals surface area contributed by atoms with Crippen LogP contribution in [0.15, 0.2) is 23.8 Å². The molecule has 13 heavy (non-hydrogen) atoms. The van der Waals surface area contributed by atoms with Crippen molar-refractivity contribution in [2.45, 2.75) is 33.6 Å². The normalized spacial score (nSPS) is 29.5. The smallest absolute Gasteiger partial charge is 0.155 e. The lowest BCUT2D eigenvalue weighted by atomic mass is 9.78. The number of hydrogen-bond acceptors (Lipinski definition) is 1. The van der Waals surface area contributed by atoms with Gasteiger partial charge in [-0.05, 0) is 38.2 Å². The largest absolute Gasteiger partial charge is 0.295 e. The van der Waals surface area contributed by atoms with Crippen molar-refractivity contribution in [3.8, 4) is 0 Å². The average Bonchev–Trinajstić information content (AvgIpc) is 2.02. The van der Waals surface area contributed by atoms with Crippen LogP contribution in [0.1, 0.15) is 33.6 Å². The zero-order valence-electron chi connectivity index (χ0n) is 8.71. The van der Waals surface area contributed by atoms with Gasteiger partial charge in [0.1, 0.15) is 0 Å². The molecule has 1 heteroatoms. The van der Waals surface area contributed by atoms with Crippen LogP contribution < -0.4 is 0 Å². The quantitative estimate of drug-likeness (QED) is 0.594. The number of ketones is 1. The van der Waals surface area contributed by atoms with Gasteiger partial charge in [-0.25, -0.2) is 0 Å². The van der Waals surface area contributed by atoms with Crippen LogP contribution in [0.5, 0.6) is 0 Å². The lowest BCUT2D eigenvalue weighted by Crippen LogP contribution is -2.21. The van der Waals surface area contributed by atoms with E-state index in [0.29, 0.717) is 17.6 Å². The minimum absolute atomic E-state index is 0.293. The highest BCUT2D eigenvalue weighted by Crippen LogP contribution is 2.31. The van der Waals surface area contributed by atoms with Crippen molar-refractivity contribution in [3.63, 3.8) is 0 Å². The van der Waals surface area contributed by atoms with Gasteiger partial charge in [0.2, 0.25) is 0 Å². The van der Waals surface area contributed by atoms with Crippen LogP contribution in [-0.2, 0) is 4.79 Å². The first-order chi connectivity index (χ1) is 6.15. The van der Waals surface area contributed by atoms with Crippen molar-refractivity contribution < 1.29 is 4.79 Å². The van der Waals surface area contributed by atoms with Crippen LogP contribution in [0, 0.1) is 11.8 Å². The van der Waals surface area contributed by atoms with Crippen molar-refractivity contribution in [1.82, 2.24) is 0 Å². The second kappa shape index (κ2) is 4.40. The number of allylic oxidation sites excluding steroid dienone is 4. The van der Waals surface area contributed by atoms with Crippen LogP contribution in [0.25, 0.3) is 0 Å². The molecule has 2 atom stereocenters. The lowest BCUT2D eigenvalue weighted by Gasteiger charge is -2.26. The molecule has 0 fully saturated rings. The molecule has 0 saturated heterocycles. The topological polar surface area (TPSA) is 17.1 Å². The van der Waals surface area contributed by atoms with Gasteiger partial charge < -0.3 is 0 Å². The molecule has 1 aliphatic rings. The van der Waals surface area contributed by atoms with Crippen molar-refractivity contribution in [1.29, 1.82) is 0 Å². The summed E-state index contributed by atoms with van der Waals surface area (Å²) in [6.07, 6.45) is 7.88. The molecule has 0 N–H and O–H groups in total. The fourth-order valence-electron chi connectivity index (χ4n) is 2.03. The van der Waals surface area contributed by atoms with Gasteiger partial charge in [0, 0.05) is 6.42 Å². The maximum atomic E-state index is 11.2. The van der Waals surface area contributed by atoms with E-state index < -0.39 is 0 Å². The first-order valence-electron chi connectivity index (χ1n) is 4.97. The zero-order valence-corrected chi connectivity index (χ0v) is 8.71. The summed E-state index contributed by atoms with van der Waals surface area (Å²) in [7, 11) is 0. The van der Waals surface area contributed by atoms with Gasteiger partial charge in [-0.15, -0.1) is 0 Å². The molecule has 0 amide bonds. The Morgan fingerprint density at radius 3 is 2.85 bits per heavy atom. The van der Waals surface area contributed by atoms with E-state index >= 15 is 0 Å². The van der Waals surface area contributed by atoms with E-state index in [9.17, 15) is 4.79 Å². The van der Waals surface area contributed by atoms with Crippen molar-refractivity contribution in [3.05, 3.63) is 23.8 Å². The Hall–Kier alpha value is -0.850. The Labute approximate surface area is 80.5 Å². The molecule has 1 aliphatic carbocycles. The van der Waals surface area contributed by atoms with E-state index in [1.165, 1.54) is 5.57 Å². The van der Waals surface area contributed by atoms with Gasteiger partial charge in [-0.2, -0.15) is 0 Å². The Balaban J connectivity index is 2.71. The monoisotopic (exact) mass is 178 g/mol. The number of rotatable bonds is 2. The van der Waals surface area contributed by atoms with Gasteiger partial charge in [-0.3, -0.25) is 4.79 Å². The van der Waals surface area contributed by atoms with Crippen LogP contribution in [0.2, 0.25) is 0 Å². The molecule has 0 spiro atoms. The van der Waals surface area contributed by atoms with E-state index in [1.807, 2.05) is 13.0 Å². The third-order valence-corrected chi connectivity index (χ3v) is 2.81. The lowest BCUT2D eigenvalue weighted by molar-refractivity contribution is -0.116. The number of hydrogen-bond donors (Lipinski definition) is 0. The van der Waals surface area contributed by atoms with Gasteiger partial charge in [0.25, 0.3) is 0 Å². The minimum Gasteiger partial charge on any atom is -0.295 e. The highest BCUT2D eigenvalue weighted by Gasteiger charge is 2.24. The van der Waals surface area contributed by atoms with Gasteiger partial charge in [0.15, 0.2) is 5.78 Å². The summed E-state index contributed by atoms with van der Waals surface area (Å²) >= 11 is 0. The molecule has 1 nitrogen and oxygen atoms in total. The Morgan fingerprint density at radius 2 is 2.31 bits per heavy atom. The molecule has 0 heterocycles. The Morgan fingerprint density at radius 1 is 1.62 bits per heavy atom. The van der Waals surface area contributed by atoms with E-state index in [0.717, 1.165) is 12.8 Å². The second-order valence-electron chi connectivity index (χ2n) is 3.95. The summed E-state index contributed by atoms with van der Waals surface area (Å²) in [5.41, 5.74) is 1.25. The molecule has 0 aromatic rings. The molecule has 0 aromatic heterocycles. The Bertz CT molecular complexity index is 248. The fraction of sp³-hybridized carbons (Fsp3) is 0.583. The van der Waals surface area contributed by atoms with E-state index in [-0.39, 0.29) is 0 Å². The fourth-order valence-corrected chi connectivity index (χ4v) is 2.03. The third kappa shape index (κ3) is 2.55. The summed E-state index contributed by atoms with van der Waals surface area (Å²) in [5, 5.41) is 0. The molecule has 72 valence electrons. The highest BCUT2D eigenvalue weighted by molar-refractivity contribution is 5.91. The number of carbonyl (C=O) groups is 1. The summed E-state index contributed by atoms with van der Waals surface area (Å²) in [6.45, 7) is 6.28. The standard InChI is InChI=1S/C12H18O/c1-4-5-6-12-9(2)7-11(13)8-10(12)3/h4-5,7,10,12H,6,8H2,1-3H3. The second-order valence-corrected chi connectivity index (χ2v) is 3.95. The third-order valence-electron chi connectivity index (χ3n) is 2.81. The maximum absolute atomic E-state index is 11.2. The van der Waals surface area contributed by atoms with Crippen LogP contribution in [0.4, 0.5) is 0 Å². The van der Waals surface area contributed by atoms with Crippen LogP contribution in [0.3, 0.4) is 0 Å². The molecular formula is C12H18O. The van der Waals surface area contributed by atoms with Crippen LogP contribution in [-0.4, -0.2) is 5.78 Å². The van der Waals surface area contributed by atoms with Crippen molar-refractivity contribution in [2.24, 2.45) is 11.8 Å². The molecule has 0 aliphatic heterocycles. The van der Waals surface area contributed by atoms with Crippen molar-refractivity contribution >= 4 is 5.78 Å². The SMILES string of the molecule is CC=CCC1C(C)=CC(=O)CC1C. The van der Waals surface area contributed by atoms with Crippen molar-refractivity contribution in [2.75, 3.05) is 0 Å². The summed E-state index contributed by atoms with van der Waals surface area (Å²) in [6, 6.07) is 0. The van der Waals surface area contributed by atoms with Gasteiger partial charge >= 0.3 is 0 Å². The minimum atomic E-state index is 0.293. The molecule has 0 aromatic carbocycles. The average molecular weight is 178 g/mol. The summed E-state index contributed by atoms with van der Waals surface area (Å²) < 4.78 is 0. The molecule has 0 saturated carbocycles. The van der Waals surface area contributed by atoms with Crippen LogP contribution >= 0.6 is 0 Å². The number of carbonyl (C=O) groups excluding carboxylic acids is 1. The molecule has 2 unspecified atom stereocenters. The summed E-state index contributed by atoms with van der Waals surface area (Å²) in [4.78, 5) is 11.2. The first-order valence-corrected chi connectivity index (χ1v) is 4.97. The predicted octanol–water partition coefficient (Wildman–Crippen LogP) is 3.12. The predicted molar refractivity (Wildman–Crippen MR) is 55.5 cm³/mol.